The fourth-order valence-electron chi connectivity index (χ4n) is 5.17. The average molecular weight is 573 g/mol. The van der Waals surface area contributed by atoms with Crippen molar-refractivity contribution in [3.05, 3.63) is 59.7 Å². The van der Waals surface area contributed by atoms with Crippen molar-refractivity contribution in [2.45, 2.75) is 58.8 Å². The van der Waals surface area contributed by atoms with Crippen molar-refractivity contribution in [2.24, 2.45) is 5.10 Å². The molecule has 2 aromatic carbocycles. The second-order valence-corrected chi connectivity index (χ2v) is 11.8. The van der Waals surface area contributed by atoms with E-state index in [1.165, 1.54) is 31.2 Å². The lowest BCUT2D eigenvalue weighted by atomic mass is 9.87. The molecule has 42 heavy (non-hydrogen) atoms. The molecule has 0 spiro atoms. The first-order valence-electron chi connectivity index (χ1n) is 15.2. The van der Waals surface area contributed by atoms with Crippen LogP contribution >= 0.6 is 0 Å². The number of anilines is 3. The van der Waals surface area contributed by atoms with Gasteiger partial charge in [-0.05, 0) is 79.5 Å². The highest BCUT2D eigenvalue weighted by Gasteiger charge is 2.20. The summed E-state index contributed by atoms with van der Waals surface area (Å²) in [7, 11) is 0. The van der Waals surface area contributed by atoms with Gasteiger partial charge >= 0.3 is 0 Å². The number of ether oxygens (including phenoxy) is 3. The van der Waals surface area contributed by atoms with Crippen LogP contribution in [0.1, 0.15) is 64.5 Å². The van der Waals surface area contributed by atoms with E-state index < -0.39 is 0 Å². The molecule has 2 saturated heterocycles. The summed E-state index contributed by atoms with van der Waals surface area (Å²) in [5.41, 5.74) is 5.42. The van der Waals surface area contributed by atoms with Gasteiger partial charge in [0.15, 0.2) is 17.3 Å². The molecule has 2 aliphatic heterocycles. The molecular weight excluding hydrogens is 528 g/mol. The van der Waals surface area contributed by atoms with Crippen molar-refractivity contribution in [1.29, 1.82) is 0 Å². The lowest BCUT2D eigenvalue weighted by Gasteiger charge is -2.21. The molecule has 2 aliphatic rings. The van der Waals surface area contributed by atoms with Crippen LogP contribution < -0.4 is 29.4 Å². The number of nitrogens with one attached hydrogen (secondary N) is 1. The van der Waals surface area contributed by atoms with E-state index in [-0.39, 0.29) is 5.41 Å². The van der Waals surface area contributed by atoms with Crippen molar-refractivity contribution in [2.75, 3.05) is 61.2 Å². The third-order valence-corrected chi connectivity index (χ3v) is 7.51. The Morgan fingerprint density at radius 3 is 2.19 bits per heavy atom. The molecule has 0 radical (unpaired) electrons. The molecule has 9 nitrogen and oxygen atoms in total. The van der Waals surface area contributed by atoms with Gasteiger partial charge in [-0.15, -0.1) is 0 Å². The van der Waals surface area contributed by atoms with Gasteiger partial charge in [-0.1, -0.05) is 32.9 Å². The van der Waals surface area contributed by atoms with Gasteiger partial charge < -0.3 is 24.0 Å². The second-order valence-electron chi connectivity index (χ2n) is 11.8. The highest BCUT2D eigenvalue weighted by molar-refractivity contribution is 5.81. The van der Waals surface area contributed by atoms with E-state index in [0.717, 1.165) is 49.3 Å². The summed E-state index contributed by atoms with van der Waals surface area (Å²) < 4.78 is 17.8. The van der Waals surface area contributed by atoms with Crippen molar-refractivity contribution in [1.82, 2.24) is 9.97 Å². The summed E-state index contributed by atoms with van der Waals surface area (Å²) >= 11 is 0. The Kier molecular flexibility index (Phi) is 9.66. The summed E-state index contributed by atoms with van der Waals surface area (Å²) in [5, 5.41) is 4.49. The molecule has 0 aliphatic carbocycles. The van der Waals surface area contributed by atoms with E-state index in [4.69, 9.17) is 24.2 Å². The van der Waals surface area contributed by atoms with Crippen molar-refractivity contribution in [3.8, 4) is 17.2 Å². The van der Waals surface area contributed by atoms with Gasteiger partial charge in [-0.25, -0.2) is 0 Å². The standard InChI is InChI=1S/C33H44N6O3/c1-5-40-29-22-25(10-15-28(29)42-21-20-41-27-13-11-26(12-14-27)33(2,3)4)24-34-37-30-23-31(38-16-6-7-17-38)36-32(35-30)39-18-8-9-19-39/h10-15,22-24H,5-9,16-21H2,1-4H3,(H,35,36,37). The Balaban J connectivity index is 1.19. The van der Waals surface area contributed by atoms with Gasteiger partial charge in [-0.3, -0.25) is 5.43 Å². The van der Waals surface area contributed by atoms with Gasteiger partial charge in [0.1, 0.15) is 24.8 Å². The Hall–Kier alpha value is -4.01. The molecule has 2 fully saturated rings. The molecule has 1 aromatic heterocycles. The zero-order valence-corrected chi connectivity index (χ0v) is 25.4. The number of nitrogens with zero attached hydrogens (tertiary/aromatic N) is 5. The summed E-state index contributed by atoms with van der Waals surface area (Å²) in [5.74, 6) is 4.62. The first-order chi connectivity index (χ1) is 20.4. The molecule has 3 aromatic rings. The summed E-state index contributed by atoms with van der Waals surface area (Å²) in [6.07, 6.45) is 6.52. The number of hydrazone groups is 1. The van der Waals surface area contributed by atoms with Crippen molar-refractivity contribution in [3.63, 3.8) is 0 Å². The molecule has 3 heterocycles. The predicted molar refractivity (Wildman–Crippen MR) is 170 cm³/mol. The summed E-state index contributed by atoms with van der Waals surface area (Å²) in [6, 6.07) is 16.0. The summed E-state index contributed by atoms with van der Waals surface area (Å²) in [4.78, 5) is 14.2. The fourth-order valence-corrected chi connectivity index (χ4v) is 5.17. The van der Waals surface area contributed by atoms with E-state index >= 15 is 0 Å². The fraction of sp³-hybridized carbons (Fsp3) is 0.485. The number of hydrogen-bond donors (Lipinski definition) is 1. The minimum atomic E-state index is 0.119. The smallest absolute Gasteiger partial charge is 0.229 e. The number of aromatic nitrogens is 2. The van der Waals surface area contributed by atoms with Gasteiger partial charge in [0.05, 0.1) is 12.8 Å². The van der Waals surface area contributed by atoms with Crippen LogP contribution in [0.15, 0.2) is 53.6 Å². The van der Waals surface area contributed by atoms with Crippen molar-refractivity contribution >= 4 is 23.8 Å². The SMILES string of the molecule is CCOc1cc(C=NNc2cc(N3CCCC3)nc(N3CCCC3)n2)ccc1OCCOc1ccc(C(C)(C)C)cc1. The van der Waals surface area contributed by atoms with Gasteiger partial charge in [0, 0.05) is 32.2 Å². The monoisotopic (exact) mass is 572 g/mol. The minimum Gasteiger partial charge on any atom is -0.490 e. The maximum atomic E-state index is 6.01. The molecule has 0 saturated carbocycles. The Labute approximate surface area is 249 Å². The maximum Gasteiger partial charge on any atom is 0.229 e. The van der Waals surface area contributed by atoms with E-state index in [9.17, 15) is 0 Å². The zero-order chi connectivity index (χ0) is 29.4. The lowest BCUT2D eigenvalue weighted by molar-refractivity contribution is 0.208. The van der Waals surface area contributed by atoms with Crippen LogP contribution in [-0.4, -0.2) is 62.2 Å². The maximum absolute atomic E-state index is 6.01. The third-order valence-electron chi connectivity index (χ3n) is 7.51. The van der Waals surface area contributed by atoms with Crippen LogP contribution in [0.2, 0.25) is 0 Å². The highest BCUT2D eigenvalue weighted by atomic mass is 16.5. The molecule has 0 atom stereocenters. The first kappa shape index (κ1) is 29.5. The van der Waals surface area contributed by atoms with Crippen LogP contribution in [0.3, 0.4) is 0 Å². The molecule has 0 bridgehead atoms. The second kappa shape index (κ2) is 13.8. The van der Waals surface area contributed by atoms with E-state index in [1.54, 1.807) is 6.21 Å². The number of hydrogen-bond acceptors (Lipinski definition) is 9. The number of rotatable bonds is 12. The first-order valence-corrected chi connectivity index (χ1v) is 15.2. The van der Waals surface area contributed by atoms with Gasteiger partial charge in [0.25, 0.3) is 0 Å². The molecule has 0 amide bonds. The Morgan fingerprint density at radius 1 is 0.810 bits per heavy atom. The Morgan fingerprint density at radius 2 is 1.50 bits per heavy atom. The van der Waals surface area contributed by atoms with Crippen molar-refractivity contribution < 1.29 is 14.2 Å². The van der Waals surface area contributed by atoms with Crippen LogP contribution in [0.4, 0.5) is 17.6 Å². The zero-order valence-electron chi connectivity index (χ0n) is 25.4. The highest BCUT2D eigenvalue weighted by Crippen LogP contribution is 2.29. The molecule has 0 unspecified atom stereocenters. The normalized spacial score (nSPS) is 15.4. The quantitative estimate of drug-likeness (QED) is 0.154. The average Bonchev–Trinajstić information content (AvgIpc) is 3.72. The molecular formula is C33H44N6O3. The Bertz CT molecular complexity index is 1290. The topological polar surface area (TPSA) is 84.3 Å². The molecule has 224 valence electrons. The van der Waals surface area contributed by atoms with E-state index in [1.807, 2.05) is 43.3 Å². The molecule has 5 rings (SSSR count). The number of benzene rings is 2. The summed E-state index contributed by atoms with van der Waals surface area (Å²) in [6.45, 7) is 14.0. The van der Waals surface area contributed by atoms with Gasteiger partial charge in [-0.2, -0.15) is 15.1 Å². The van der Waals surface area contributed by atoms with Crippen LogP contribution in [0, 0.1) is 0 Å². The predicted octanol–water partition coefficient (Wildman–Crippen LogP) is 6.28. The van der Waals surface area contributed by atoms with Gasteiger partial charge in [0.2, 0.25) is 5.95 Å². The van der Waals surface area contributed by atoms with E-state index in [2.05, 4.69) is 53.2 Å². The molecule has 9 heteroatoms. The van der Waals surface area contributed by atoms with Crippen LogP contribution in [0.25, 0.3) is 0 Å². The third kappa shape index (κ3) is 7.84. The minimum absolute atomic E-state index is 0.119. The largest absolute Gasteiger partial charge is 0.490 e. The van der Waals surface area contributed by atoms with E-state index in [0.29, 0.717) is 37.1 Å². The van der Waals surface area contributed by atoms with Crippen LogP contribution in [0.5, 0.6) is 17.2 Å². The lowest BCUT2D eigenvalue weighted by Crippen LogP contribution is -2.24. The molecule has 1 N–H and O–H groups in total. The van der Waals surface area contributed by atoms with Crippen LogP contribution in [-0.2, 0) is 5.41 Å².